The molecule has 4 nitrogen and oxygen atoms in total. The lowest BCUT2D eigenvalue weighted by Gasteiger charge is -2.08. The Balaban J connectivity index is 1.88. The summed E-state index contributed by atoms with van der Waals surface area (Å²) < 4.78 is 10.5. The highest BCUT2D eigenvalue weighted by atomic mass is 16.5. The largest absolute Gasteiger partial charge is 0.486 e. The summed E-state index contributed by atoms with van der Waals surface area (Å²) in [5.41, 5.74) is 0.527. The van der Waals surface area contributed by atoms with Gasteiger partial charge in [0.1, 0.15) is 12.4 Å². The van der Waals surface area contributed by atoms with Gasteiger partial charge < -0.3 is 9.47 Å². The second-order valence-corrected chi connectivity index (χ2v) is 3.96. The molecule has 1 aromatic carbocycles. The Morgan fingerprint density at radius 2 is 2.47 bits per heavy atom. The van der Waals surface area contributed by atoms with Crippen LogP contribution in [0.25, 0.3) is 0 Å². The zero-order chi connectivity index (χ0) is 12.1. The molecule has 2 rings (SSSR count). The molecule has 1 aliphatic heterocycles. The summed E-state index contributed by atoms with van der Waals surface area (Å²) in [5, 5.41) is 8.72. The zero-order valence-electron chi connectivity index (χ0n) is 9.39. The molecule has 17 heavy (non-hydrogen) atoms. The van der Waals surface area contributed by atoms with Crippen molar-refractivity contribution in [3.63, 3.8) is 0 Å². The van der Waals surface area contributed by atoms with E-state index in [1.54, 1.807) is 24.3 Å². The predicted octanol–water partition coefficient (Wildman–Crippen LogP) is 1.54. The van der Waals surface area contributed by atoms with Gasteiger partial charge in [0.2, 0.25) is 0 Å². The Bertz CT molecular complexity index is 444. The zero-order valence-corrected chi connectivity index (χ0v) is 9.39. The average Bonchev–Trinajstić information content (AvgIpc) is 2.90. The van der Waals surface area contributed by atoms with Crippen LogP contribution in [0, 0.1) is 17.2 Å². The van der Waals surface area contributed by atoms with Crippen LogP contribution in [0.5, 0.6) is 5.75 Å². The highest BCUT2D eigenvalue weighted by molar-refractivity contribution is 5.82. The molecule has 88 valence electrons. The summed E-state index contributed by atoms with van der Waals surface area (Å²) in [6, 6.07) is 8.81. The van der Waals surface area contributed by atoms with E-state index in [0.29, 0.717) is 24.5 Å². The van der Waals surface area contributed by atoms with Gasteiger partial charge in [-0.2, -0.15) is 5.26 Å². The van der Waals surface area contributed by atoms with Crippen molar-refractivity contribution < 1.29 is 14.3 Å². The van der Waals surface area contributed by atoms with Gasteiger partial charge in [0.05, 0.1) is 18.2 Å². The Hall–Kier alpha value is -1.86. The van der Waals surface area contributed by atoms with E-state index < -0.39 is 0 Å². The normalized spacial score (nSPS) is 18.6. The lowest BCUT2D eigenvalue weighted by molar-refractivity contribution is -0.124. The fourth-order valence-corrected chi connectivity index (χ4v) is 1.72. The highest BCUT2D eigenvalue weighted by Gasteiger charge is 2.23. The van der Waals surface area contributed by atoms with Crippen LogP contribution in [0.2, 0.25) is 0 Å². The number of hydrogen-bond donors (Lipinski definition) is 0. The average molecular weight is 231 g/mol. The summed E-state index contributed by atoms with van der Waals surface area (Å²) in [7, 11) is 0. The molecule has 0 bridgehead atoms. The summed E-state index contributed by atoms with van der Waals surface area (Å²) >= 11 is 0. The van der Waals surface area contributed by atoms with Crippen molar-refractivity contribution in [1.82, 2.24) is 0 Å². The van der Waals surface area contributed by atoms with Crippen molar-refractivity contribution in [3.8, 4) is 11.8 Å². The molecular formula is C13H13NO3. The van der Waals surface area contributed by atoms with Crippen molar-refractivity contribution in [2.75, 3.05) is 19.8 Å². The van der Waals surface area contributed by atoms with E-state index in [1.807, 2.05) is 6.07 Å². The first-order valence-corrected chi connectivity index (χ1v) is 5.53. The van der Waals surface area contributed by atoms with E-state index in [0.717, 1.165) is 6.42 Å². The van der Waals surface area contributed by atoms with Crippen LogP contribution in [-0.2, 0) is 9.53 Å². The SMILES string of the molecule is N#Cc1cccc(OCC(=O)C2CCOC2)c1. The van der Waals surface area contributed by atoms with E-state index in [4.69, 9.17) is 14.7 Å². The van der Waals surface area contributed by atoms with Gasteiger partial charge in [0.15, 0.2) is 5.78 Å². The molecule has 1 aromatic rings. The van der Waals surface area contributed by atoms with Crippen LogP contribution >= 0.6 is 0 Å². The monoisotopic (exact) mass is 231 g/mol. The van der Waals surface area contributed by atoms with Crippen LogP contribution in [0.3, 0.4) is 0 Å². The van der Waals surface area contributed by atoms with Gasteiger partial charge >= 0.3 is 0 Å². The van der Waals surface area contributed by atoms with Gasteiger partial charge in [-0.1, -0.05) is 6.07 Å². The summed E-state index contributed by atoms with van der Waals surface area (Å²) in [4.78, 5) is 11.7. The van der Waals surface area contributed by atoms with E-state index in [1.165, 1.54) is 0 Å². The minimum absolute atomic E-state index is 0.0332. The first kappa shape index (κ1) is 11.6. The summed E-state index contributed by atoms with van der Waals surface area (Å²) in [6.07, 6.45) is 0.778. The van der Waals surface area contributed by atoms with E-state index in [-0.39, 0.29) is 18.3 Å². The predicted molar refractivity (Wildman–Crippen MR) is 60.6 cm³/mol. The van der Waals surface area contributed by atoms with E-state index in [9.17, 15) is 4.79 Å². The van der Waals surface area contributed by atoms with Gasteiger partial charge in [-0.3, -0.25) is 4.79 Å². The number of carbonyl (C=O) groups is 1. The molecule has 1 saturated heterocycles. The quantitative estimate of drug-likeness (QED) is 0.788. The van der Waals surface area contributed by atoms with Gasteiger partial charge in [-0.05, 0) is 24.6 Å². The molecule has 4 heteroatoms. The number of nitrogens with zero attached hydrogens (tertiary/aromatic N) is 1. The molecule has 0 saturated carbocycles. The molecule has 0 aliphatic carbocycles. The number of rotatable bonds is 4. The molecule has 0 spiro atoms. The molecule has 0 radical (unpaired) electrons. The molecule has 1 atom stereocenters. The third-order valence-corrected chi connectivity index (χ3v) is 2.73. The molecule has 0 N–H and O–H groups in total. The fraction of sp³-hybridized carbons (Fsp3) is 0.385. The molecule has 1 fully saturated rings. The molecule has 0 amide bonds. The molecule has 0 aromatic heterocycles. The highest BCUT2D eigenvalue weighted by Crippen LogP contribution is 2.16. The second kappa shape index (κ2) is 5.46. The van der Waals surface area contributed by atoms with Crippen LogP contribution in [0.15, 0.2) is 24.3 Å². The smallest absolute Gasteiger partial charge is 0.175 e. The maximum absolute atomic E-state index is 11.7. The summed E-state index contributed by atoms with van der Waals surface area (Å²) in [6.45, 7) is 1.20. The lowest BCUT2D eigenvalue weighted by Crippen LogP contribution is -2.21. The maximum atomic E-state index is 11.7. The van der Waals surface area contributed by atoms with Crippen LogP contribution in [-0.4, -0.2) is 25.6 Å². The van der Waals surface area contributed by atoms with Gasteiger partial charge in [-0.15, -0.1) is 0 Å². The van der Waals surface area contributed by atoms with Crippen molar-refractivity contribution >= 4 is 5.78 Å². The summed E-state index contributed by atoms with van der Waals surface area (Å²) in [5.74, 6) is 0.579. The van der Waals surface area contributed by atoms with Crippen LogP contribution < -0.4 is 4.74 Å². The maximum Gasteiger partial charge on any atom is 0.175 e. The minimum Gasteiger partial charge on any atom is -0.486 e. The number of ketones is 1. The number of hydrogen-bond acceptors (Lipinski definition) is 4. The van der Waals surface area contributed by atoms with E-state index in [2.05, 4.69) is 0 Å². The first-order valence-electron chi connectivity index (χ1n) is 5.53. The Kier molecular flexibility index (Phi) is 3.73. The number of nitriles is 1. The lowest BCUT2D eigenvalue weighted by atomic mass is 10.0. The molecular weight excluding hydrogens is 218 g/mol. The third kappa shape index (κ3) is 3.05. The number of carbonyl (C=O) groups excluding carboxylic acids is 1. The standard InChI is InChI=1S/C13H13NO3/c14-7-10-2-1-3-12(6-10)17-9-13(15)11-4-5-16-8-11/h1-3,6,11H,4-5,8-9H2. The van der Waals surface area contributed by atoms with E-state index >= 15 is 0 Å². The van der Waals surface area contributed by atoms with Crippen LogP contribution in [0.4, 0.5) is 0 Å². The number of Topliss-reactive ketones (excluding diaryl/α,β-unsaturated/α-hetero) is 1. The van der Waals surface area contributed by atoms with Crippen molar-refractivity contribution in [2.45, 2.75) is 6.42 Å². The first-order chi connectivity index (χ1) is 8.29. The van der Waals surface area contributed by atoms with Gasteiger partial charge in [0.25, 0.3) is 0 Å². The Morgan fingerprint density at radius 1 is 1.59 bits per heavy atom. The van der Waals surface area contributed by atoms with Crippen molar-refractivity contribution in [1.29, 1.82) is 5.26 Å². The Morgan fingerprint density at radius 3 is 3.18 bits per heavy atom. The fourth-order valence-electron chi connectivity index (χ4n) is 1.72. The Labute approximate surface area is 99.8 Å². The van der Waals surface area contributed by atoms with Gasteiger partial charge in [0, 0.05) is 12.5 Å². The number of ether oxygens (including phenoxy) is 2. The topological polar surface area (TPSA) is 59.3 Å². The van der Waals surface area contributed by atoms with Crippen molar-refractivity contribution in [3.05, 3.63) is 29.8 Å². The van der Waals surface area contributed by atoms with Crippen molar-refractivity contribution in [2.24, 2.45) is 5.92 Å². The molecule has 1 unspecified atom stereocenters. The minimum atomic E-state index is -0.0332. The third-order valence-electron chi connectivity index (χ3n) is 2.73. The molecule has 1 heterocycles. The van der Waals surface area contributed by atoms with Gasteiger partial charge in [-0.25, -0.2) is 0 Å². The second-order valence-electron chi connectivity index (χ2n) is 3.96. The van der Waals surface area contributed by atoms with Crippen LogP contribution in [0.1, 0.15) is 12.0 Å². The number of benzene rings is 1. The molecule has 1 aliphatic rings.